The predicted molar refractivity (Wildman–Crippen MR) is 150 cm³/mol. The normalized spacial score (nSPS) is 15.6. The minimum atomic E-state index is -0.354. The third kappa shape index (κ3) is 6.07. The van der Waals surface area contributed by atoms with Gasteiger partial charge in [-0.2, -0.15) is 0 Å². The summed E-state index contributed by atoms with van der Waals surface area (Å²) in [5.41, 5.74) is 2.52. The van der Waals surface area contributed by atoms with E-state index in [2.05, 4.69) is 15.5 Å². The molecule has 1 fully saturated rings. The molecule has 10 heteroatoms. The Morgan fingerprint density at radius 2 is 1.84 bits per heavy atom. The van der Waals surface area contributed by atoms with Crippen molar-refractivity contribution in [1.29, 1.82) is 0 Å². The Labute approximate surface area is 231 Å². The second-order valence-corrected chi connectivity index (χ2v) is 11.8. The quantitative estimate of drug-likeness (QED) is 0.196. The molecule has 2 aliphatic rings. The zero-order valence-electron chi connectivity index (χ0n) is 22.0. The second kappa shape index (κ2) is 12.3. The number of amides is 1. The molecule has 0 spiro atoms. The van der Waals surface area contributed by atoms with Crippen molar-refractivity contribution in [3.05, 3.63) is 40.3 Å². The summed E-state index contributed by atoms with van der Waals surface area (Å²) >= 11 is 2.83. The van der Waals surface area contributed by atoms with Gasteiger partial charge in [0.25, 0.3) is 0 Å². The number of carbonyl (C=O) groups excluding carboxylic acids is 2. The molecule has 1 N–H and O–H groups in total. The number of nitrogens with one attached hydrogen (secondary N) is 1. The monoisotopic (exact) mass is 554 g/mol. The van der Waals surface area contributed by atoms with Crippen molar-refractivity contribution in [3.63, 3.8) is 0 Å². The first-order valence-corrected chi connectivity index (χ1v) is 15.2. The number of rotatable bonds is 9. The lowest BCUT2D eigenvalue weighted by Crippen LogP contribution is -2.17. The smallest absolute Gasteiger partial charge is 0.341 e. The van der Waals surface area contributed by atoms with Crippen LogP contribution in [0.2, 0.25) is 0 Å². The van der Waals surface area contributed by atoms with Crippen molar-refractivity contribution in [3.8, 4) is 17.1 Å². The molecule has 2 aromatic heterocycles. The largest absolute Gasteiger partial charge is 0.490 e. The summed E-state index contributed by atoms with van der Waals surface area (Å²) in [6.45, 7) is 2.10. The van der Waals surface area contributed by atoms with Gasteiger partial charge in [0.15, 0.2) is 11.0 Å². The molecule has 0 saturated heterocycles. The van der Waals surface area contributed by atoms with Crippen LogP contribution in [0.1, 0.15) is 72.7 Å². The Hall–Kier alpha value is -2.85. The Kier molecular flexibility index (Phi) is 8.68. The van der Waals surface area contributed by atoms with Gasteiger partial charge in [0.05, 0.1) is 24.0 Å². The van der Waals surface area contributed by atoms with Crippen LogP contribution in [-0.4, -0.2) is 45.1 Å². The van der Waals surface area contributed by atoms with Gasteiger partial charge in [-0.15, -0.1) is 21.5 Å². The maximum absolute atomic E-state index is 12.9. The fraction of sp³-hybridized carbons (Fsp3) is 0.500. The zero-order chi connectivity index (χ0) is 26.5. The van der Waals surface area contributed by atoms with Gasteiger partial charge in [0, 0.05) is 17.5 Å². The molecule has 1 saturated carbocycles. The predicted octanol–water partition coefficient (Wildman–Crippen LogP) is 6.04. The molecule has 2 aliphatic carbocycles. The lowest BCUT2D eigenvalue weighted by Gasteiger charge is -2.13. The van der Waals surface area contributed by atoms with E-state index in [1.54, 1.807) is 6.92 Å². The highest BCUT2D eigenvalue weighted by atomic mass is 32.2. The summed E-state index contributed by atoms with van der Waals surface area (Å²) in [4.78, 5) is 26.9. The van der Waals surface area contributed by atoms with Gasteiger partial charge in [0.2, 0.25) is 5.91 Å². The van der Waals surface area contributed by atoms with Crippen LogP contribution in [0.15, 0.2) is 29.4 Å². The number of nitrogens with zero attached hydrogens (tertiary/aromatic N) is 3. The molecule has 3 aromatic rings. The van der Waals surface area contributed by atoms with E-state index >= 15 is 0 Å². The van der Waals surface area contributed by atoms with E-state index in [1.165, 1.54) is 40.8 Å². The fourth-order valence-electron chi connectivity index (χ4n) is 5.12. The van der Waals surface area contributed by atoms with E-state index in [1.807, 2.05) is 35.9 Å². The van der Waals surface area contributed by atoms with Crippen molar-refractivity contribution in [2.24, 2.45) is 7.05 Å². The van der Waals surface area contributed by atoms with Gasteiger partial charge in [-0.3, -0.25) is 4.79 Å². The number of aromatic nitrogens is 3. The third-order valence-corrected chi connectivity index (χ3v) is 9.27. The maximum atomic E-state index is 12.9. The van der Waals surface area contributed by atoms with Crippen molar-refractivity contribution in [1.82, 2.24) is 14.8 Å². The first-order chi connectivity index (χ1) is 18.5. The lowest BCUT2D eigenvalue weighted by molar-refractivity contribution is -0.113. The SMILES string of the molecule is CCOC(=O)c1c(NC(=O)CSc2nnc(-c3ccc(OC4CCCC4)cc3)n2C)sc2c1CCCCC2. The van der Waals surface area contributed by atoms with E-state index in [0.717, 1.165) is 67.6 Å². The number of carbonyl (C=O) groups is 2. The van der Waals surface area contributed by atoms with Crippen LogP contribution in [0.3, 0.4) is 0 Å². The van der Waals surface area contributed by atoms with Crippen molar-refractivity contribution < 1.29 is 19.1 Å². The first kappa shape index (κ1) is 26.7. The van der Waals surface area contributed by atoms with E-state index in [0.29, 0.717) is 28.4 Å². The Morgan fingerprint density at radius 3 is 2.61 bits per heavy atom. The van der Waals surface area contributed by atoms with Crippen LogP contribution in [0, 0.1) is 0 Å². The van der Waals surface area contributed by atoms with E-state index < -0.39 is 0 Å². The number of thiophene rings is 1. The first-order valence-electron chi connectivity index (χ1n) is 13.4. The van der Waals surface area contributed by atoms with Crippen molar-refractivity contribution in [2.75, 3.05) is 17.7 Å². The fourth-order valence-corrected chi connectivity index (χ4v) is 7.12. The van der Waals surface area contributed by atoms with Crippen LogP contribution in [0.4, 0.5) is 5.00 Å². The minimum absolute atomic E-state index is 0.158. The summed E-state index contributed by atoms with van der Waals surface area (Å²) in [7, 11) is 1.90. The average molecular weight is 555 g/mol. The molecule has 202 valence electrons. The molecule has 2 heterocycles. The minimum Gasteiger partial charge on any atom is -0.490 e. The van der Waals surface area contributed by atoms with E-state index in [4.69, 9.17) is 9.47 Å². The summed E-state index contributed by atoms with van der Waals surface area (Å²) in [6.07, 6.45) is 10.1. The maximum Gasteiger partial charge on any atom is 0.341 e. The molecular formula is C28H34N4O4S2. The van der Waals surface area contributed by atoms with Crippen LogP contribution in [0.25, 0.3) is 11.4 Å². The molecule has 0 aliphatic heterocycles. The number of hydrogen-bond acceptors (Lipinski definition) is 8. The number of fused-ring (bicyclic) bond motifs is 1. The van der Waals surface area contributed by atoms with E-state index in [-0.39, 0.29) is 17.6 Å². The number of hydrogen-bond donors (Lipinski definition) is 1. The number of aryl methyl sites for hydroxylation is 1. The molecule has 5 rings (SSSR count). The molecule has 0 unspecified atom stereocenters. The van der Waals surface area contributed by atoms with Gasteiger partial charge < -0.3 is 19.4 Å². The highest BCUT2D eigenvalue weighted by Gasteiger charge is 2.27. The topological polar surface area (TPSA) is 95.3 Å². The van der Waals surface area contributed by atoms with Gasteiger partial charge in [0.1, 0.15) is 10.8 Å². The van der Waals surface area contributed by atoms with E-state index in [9.17, 15) is 9.59 Å². The van der Waals surface area contributed by atoms with Crippen molar-refractivity contribution in [2.45, 2.75) is 76.0 Å². The third-order valence-electron chi connectivity index (χ3n) is 7.04. The molecule has 38 heavy (non-hydrogen) atoms. The molecule has 1 aromatic carbocycles. The number of ether oxygens (including phenoxy) is 2. The highest BCUT2D eigenvalue weighted by molar-refractivity contribution is 7.99. The van der Waals surface area contributed by atoms with Crippen LogP contribution >= 0.6 is 23.1 Å². The Balaban J connectivity index is 1.22. The molecule has 0 atom stereocenters. The second-order valence-electron chi connectivity index (χ2n) is 9.74. The van der Waals surface area contributed by atoms with Crippen LogP contribution < -0.4 is 10.1 Å². The number of benzene rings is 1. The van der Waals surface area contributed by atoms with Crippen molar-refractivity contribution >= 4 is 40.0 Å². The number of thioether (sulfide) groups is 1. The summed E-state index contributed by atoms with van der Waals surface area (Å²) in [6, 6.07) is 7.94. The summed E-state index contributed by atoms with van der Waals surface area (Å²) in [5.74, 6) is 1.22. The molecule has 1 amide bonds. The number of anilines is 1. The highest BCUT2D eigenvalue weighted by Crippen LogP contribution is 2.38. The summed E-state index contributed by atoms with van der Waals surface area (Å²) < 4.78 is 13.3. The standard InChI is InChI=1S/C28H34N4O4S2/c1-3-35-27(34)24-21-11-5-4-6-12-22(21)38-26(24)29-23(33)17-37-28-31-30-25(32(28)2)18-13-15-20(16-14-18)36-19-9-7-8-10-19/h13-16,19H,3-12,17H2,1-2H3,(H,29,33). The van der Waals surface area contributed by atoms with Crippen LogP contribution in [-0.2, 0) is 29.4 Å². The molecule has 8 nitrogen and oxygen atoms in total. The Morgan fingerprint density at radius 1 is 1.08 bits per heavy atom. The van der Waals surface area contributed by atoms with Gasteiger partial charge >= 0.3 is 5.97 Å². The number of esters is 1. The van der Waals surface area contributed by atoms with Crippen LogP contribution in [0.5, 0.6) is 5.75 Å². The zero-order valence-corrected chi connectivity index (χ0v) is 23.6. The lowest BCUT2D eigenvalue weighted by atomic mass is 10.1. The molecule has 0 bridgehead atoms. The van der Waals surface area contributed by atoms with Gasteiger partial charge in [-0.25, -0.2) is 4.79 Å². The molecule has 0 radical (unpaired) electrons. The van der Waals surface area contributed by atoms with Gasteiger partial charge in [-0.1, -0.05) is 18.2 Å². The average Bonchev–Trinajstić information content (AvgIpc) is 3.59. The molecular weight excluding hydrogens is 520 g/mol. The Bertz CT molecular complexity index is 1280. The van der Waals surface area contributed by atoms with Gasteiger partial charge in [-0.05, 0) is 88.1 Å². The summed E-state index contributed by atoms with van der Waals surface area (Å²) in [5, 5.41) is 12.9.